The van der Waals surface area contributed by atoms with Crippen LogP contribution in [0.2, 0.25) is 0 Å². The van der Waals surface area contributed by atoms with E-state index < -0.39 is 0 Å². The molecule has 0 bridgehead atoms. The molecule has 1 aromatic carbocycles. The summed E-state index contributed by atoms with van der Waals surface area (Å²) in [5.74, 6) is 0.637. The minimum absolute atomic E-state index is 0.163. The third-order valence-corrected chi connectivity index (χ3v) is 5.03. The fourth-order valence-corrected chi connectivity index (χ4v) is 3.53. The second kappa shape index (κ2) is 8.02. The van der Waals surface area contributed by atoms with Gasteiger partial charge in [-0.1, -0.05) is 6.07 Å². The Morgan fingerprint density at radius 3 is 3.00 bits per heavy atom. The van der Waals surface area contributed by atoms with Crippen molar-refractivity contribution in [3.63, 3.8) is 0 Å². The Morgan fingerprint density at radius 2 is 2.21 bits per heavy atom. The summed E-state index contributed by atoms with van der Waals surface area (Å²) in [6.45, 7) is 1.40. The van der Waals surface area contributed by atoms with E-state index in [2.05, 4.69) is 10.3 Å². The topological polar surface area (TPSA) is 72.9 Å². The zero-order chi connectivity index (χ0) is 19.5. The monoisotopic (exact) mass is 387 g/mol. The highest BCUT2D eigenvalue weighted by Crippen LogP contribution is 2.30. The number of carbonyl (C=O) groups excluding carboxylic acids is 1. The predicted molar refractivity (Wildman–Crippen MR) is 98.7 cm³/mol. The number of hydrogen-bond acceptors (Lipinski definition) is 5. The number of rotatable bonds is 3. The summed E-state index contributed by atoms with van der Waals surface area (Å²) in [6.07, 6.45) is 2.10. The number of carbonyl (C=O) groups is 1. The molecular formula is C20H22FN3O4. The lowest BCUT2D eigenvalue weighted by Gasteiger charge is -2.25. The zero-order valence-corrected chi connectivity index (χ0v) is 15.6. The van der Waals surface area contributed by atoms with Gasteiger partial charge in [0.25, 0.3) is 0 Å². The number of nitrogens with zero attached hydrogens (tertiary/aromatic N) is 2. The van der Waals surface area contributed by atoms with Gasteiger partial charge in [-0.15, -0.1) is 0 Å². The number of pyridine rings is 1. The Morgan fingerprint density at radius 1 is 1.32 bits per heavy atom. The third-order valence-electron chi connectivity index (χ3n) is 5.03. The number of methoxy groups -OCH3 is 1. The summed E-state index contributed by atoms with van der Waals surface area (Å²) in [5, 5.41) is 3.03. The van der Waals surface area contributed by atoms with Crippen LogP contribution in [0.1, 0.15) is 23.7 Å². The molecule has 2 aliphatic rings. The molecule has 0 radical (unpaired) electrons. The molecule has 8 heteroatoms. The maximum atomic E-state index is 14.2. The van der Waals surface area contributed by atoms with Gasteiger partial charge in [0.05, 0.1) is 26.2 Å². The summed E-state index contributed by atoms with van der Waals surface area (Å²) < 4.78 is 30.6. The molecule has 2 atom stereocenters. The van der Waals surface area contributed by atoms with Crippen molar-refractivity contribution in [3.8, 4) is 11.6 Å². The van der Waals surface area contributed by atoms with Gasteiger partial charge in [-0.25, -0.2) is 14.2 Å². The molecule has 1 saturated heterocycles. The predicted octanol–water partition coefficient (Wildman–Crippen LogP) is 2.66. The Labute approximate surface area is 162 Å². The fourth-order valence-electron chi connectivity index (χ4n) is 3.53. The van der Waals surface area contributed by atoms with Crippen LogP contribution in [0.5, 0.6) is 11.6 Å². The first-order valence-electron chi connectivity index (χ1n) is 9.23. The van der Waals surface area contributed by atoms with Crippen molar-refractivity contribution in [3.05, 3.63) is 53.5 Å². The highest BCUT2D eigenvalue weighted by molar-refractivity contribution is 5.75. The number of amides is 2. The Bertz CT molecular complexity index is 846. The van der Waals surface area contributed by atoms with E-state index >= 15 is 0 Å². The van der Waals surface area contributed by atoms with E-state index in [4.69, 9.17) is 14.2 Å². The quantitative estimate of drug-likeness (QED) is 0.877. The Hall–Kier alpha value is -2.87. The summed E-state index contributed by atoms with van der Waals surface area (Å²) in [4.78, 5) is 18.6. The molecule has 0 aliphatic carbocycles. The number of fused-ring (bicyclic) bond motifs is 1. The van der Waals surface area contributed by atoms with Gasteiger partial charge >= 0.3 is 6.03 Å². The first-order valence-corrected chi connectivity index (χ1v) is 9.23. The summed E-state index contributed by atoms with van der Waals surface area (Å²) in [6, 6.07) is 7.90. The second-order valence-corrected chi connectivity index (χ2v) is 6.76. The number of benzene rings is 1. The molecule has 148 valence electrons. The Balaban J connectivity index is 1.45. The molecule has 2 amide bonds. The first kappa shape index (κ1) is 18.5. The number of urea groups is 1. The lowest BCUT2D eigenvalue weighted by atomic mass is 10.0. The average Bonchev–Trinajstić information content (AvgIpc) is 3.05. The van der Waals surface area contributed by atoms with Crippen molar-refractivity contribution in [2.24, 2.45) is 0 Å². The van der Waals surface area contributed by atoms with Crippen LogP contribution in [-0.2, 0) is 11.3 Å². The molecule has 1 fully saturated rings. The van der Waals surface area contributed by atoms with Crippen molar-refractivity contribution >= 4 is 6.03 Å². The lowest BCUT2D eigenvalue weighted by molar-refractivity contribution is 0.0973. The van der Waals surface area contributed by atoms with Gasteiger partial charge < -0.3 is 24.4 Å². The van der Waals surface area contributed by atoms with E-state index in [0.29, 0.717) is 43.4 Å². The first-order chi connectivity index (χ1) is 13.7. The number of ether oxygens (including phenoxy) is 3. The van der Waals surface area contributed by atoms with E-state index in [1.807, 2.05) is 6.07 Å². The van der Waals surface area contributed by atoms with E-state index in [1.54, 1.807) is 36.4 Å². The Kier molecular flexibility index (Phi) is 5.29. The SMILES string of the molecule is COc1ccc([C@H]2OCC[C@@H]2NC(=O)N2CCOc3cccc(F)c3C2)cn1. The van der Waals surface area contributed by atoms with Gasteiger partial charge in [-0.2, -0.15) is 0 Å². The normalized spacial score (nSPS) is 21.4. The second-order valence-electron chi connectivity index (χ2n) is 6.76. The summed E-state index contributed by atoms with van der Waals surface area (Å²) >= 11 is 0. The van der Waals surface area contributed by atoms with Gasteiger partial charge in [-0.05, 0) is 24.6 Å². The molecule has 4 rings (SSSR count). The molecule has 0 spiro atoms. The fraction of sp³-hybridized carbons (Fsp3) is 0.400. The molecule has 1 aromatic heterocycles. The average molecular weight is 387 g/mol. The molecule has 2 aliphatic heterocycles. The third kappa shape index (κ3) is 3.73. The smallest absolute Gasteiger partial charge is 0.318 e. The number of nitrogens with one attached hydrogen (secondary N) is 1. The summed E-state index contributed by atoms with van der Waals surface area (Å²) in [5.41, 5.74) is 1.27. The van der Waals surface area contributed by atoms with E-state index in [0.717, 1.165) is 5.56 Å². The highest BCUT2D eigenvalue weighted by atomic mass is 19.1. The van der Waals surface area contributed by atoms with Crippen LogP contribution >= 0.6 is 0 Å². The largest absolute Gasteiger partial charge is 0.491 e. The van der Waals surface area contributed by atoms with Crippen molar-refractivity contribution < 1.29 is 23.4 Å². The molecule has 0 unspecified atom stereocenters. The zero-order valence-electron chi connectivity index (χ0n) is 15.6. The number of halogens is 1. The van der Waals surface area contributed by atoms with E-state index in [-0.39, 0.29) is 30.5 Å². The van der Waals surface area contributed by atoms with Crippen LogP contribution in [0.4, 0.5) is 9.18 Å². The van der Waals surface area contributed by atoms with Crippen molar-refractivity contribution in [1.29, 1.82) is 0 Å². The molecular weight excluding hydrogens is 365 g/mol. The van der Waals surface area contributed by atoms with Gasteiger partial charge in [0.2, 0.25) is 5.88 Å². The number of aromatic nitrogens is 1. The van der Waals surface area contributed by atoms with Crippen molar-refractivity contribution in [2.75, 3.05) is 26.9 Å². The van der Waals surface area contributed by atoms with Crippen LogP contribution in [-0.4, -0.2) is 48.8 Å². The minimum Gasteiger partial charge on any atom is -0.491 e. The van der Waals surface area contributed by atoms with Crippen LogP contribution in [0.15, 0.2) is 36.5 Å². The number of hydrogen-bond donors (Lipinski definition) is 1. The summed E-state index contributed by atoms with van der Waals surface area (Å²) in [7, 11) is 1.56. The van der Waals surface area contributed by atoms with Gasteiger partial charge in [0, 0.05) is 30.0 Å². The van der Waals surface area contributed by atoms with E-state index in [9.17, 15) is 9.18 Å². The van der Waals surface area contributed by atoms with Crippen LogP contribution in [0, 0.1) is 5.82 Å². The van der Waals surface area contributed by atoms with Crippen molar-refractivity contribution in [1.82, 2.24) is 15.2 Å². The van der Waals surface area contributed by atoms with Gasteiger partial charge in [0.1, 0.15) is 24.3 Å². The van der Waals surface area contributed by atoms with Crippen LogP contribution < -0.4 is 14.8 Å². The highest BCUT2D eigenvalue weighted by Gasteiger charge is 2.33. The molecule has 0 saturated carbocycles. The van der Waals surface area contributed by atoms with Gasteiger partial charge in [0.15, 0.2) is 0 Å². The lowest BCUT2D eigenvalue weighted by Crippen LogP contribution is -2.46. The van der Waals surface area contributed by atoms with Crippen molar-refractivity contribution in [2.45, 2.75) is 25.1 Å². The molecule has 3 heterocycles. The van der Waals surface area contributed by atoms with Gasteiger partial charge in [-0.3, -0.25) is 0 Å². The molecule has 2 aromatic rings. The van der Waals surface area contributed by atoms with Crippen LogP contribution in [0.25, 0.3) is 0 Å². The molecule has 1 N–H and O–H groups in total. The standard InChI is InChI=1S/C20H22FN3O4/c1-26-18-6-5-13(11-22-18)19-16(7-9-28-19)23-20(25)24-8-10-27-17-4-2-3-15(21)14(17)12-24/h2-6,11,16,19H,7-10,12H2,1H3,(H,23,25)/t16-,19+/m0/s1. The molecule has 28 heavy (non-hydrogen) atoms. The van der Waals surface area contributed by atoms with E-state index in [1.165, 1.54) is 6.07 Å². The maximum absolute atomic E-state index is 14.2. The minimum atomic E-state index is -0.372. The molecule has 7 nitrogen and oxygen atoms in total. The van der Waals surface area contributed by atoms with Crippen LogP contribution in [0.3, 0.4) is 0 Å². The maximum Gasteiger partial charge on any atom is 0.318 e.